The lowest BCUT2D eigenvalue weighted by Crippen LogP contribution is -2.03. The third-order valence-corrected chi connectivity index (χ3v) is 4.08. The van der Waals surface area contributed by atoms with E-state index in [1.807, 2.05) is 13.0 Å². The molecule has 0 aliphatic heterocycles. The summed E-state index contributed by atoms with van der Waals surface area (Å²) in [5.74, 6) is -0.139. The number of carboxylic acid groups (broad SMARTS) is 1. The van der Waals surface area contributed by atoms with Crippen molar-refractivity contribution in [3.8, 4) is 17.0 Å². The summed E-state index contributed by atoms with van der Waals surface area (Å²) in [6, 6.07) is 3.44. The number of halogens is 1. The molecule has 0 aliphatic rings. The molecule has 118 valence electrons. The fourth-order valence-corrected chi connectivity index (χ4v) is 2.72. The molecule has 1 aromatic carbocycles. The lowest BCUT2D eigenvalue weighted by molar-refractivity contribution is 0.0689. The summed E-state index contributed by atoms with van der Waals surface area (Å²) >= 11 is 6.36. The zero-order chi connectivity index (χ0) is 16.6. The van der Waals surface area contributed by atoms with Crippen molar-refractivity contribution < 1.29 is 14.6 Å². The Morgan fingerprint density at radius 1 is 1.41 bits per heavy atom. The fraction of sp³-hybridized carbons (Fsp3) is 0.375. The predicted octanol–water partition coefficient (Wildman–Crippen LogP) is 3.88. The van der Waals surface area contributed by atoms with Crippen LogP contribution in [-0.2, 0) is 7.05 Å². The average molecular weight is 323 g/mol. The number of rotatable bonds is 4. The van der Waals surface area contributed by atoms with Crippen LogP contribution in [0.1, 0.15) is 41.4 Å². The maximum absolute atomic E-state index is 11.1. The Hall–Kier alpha value is -2.01. The Balaban J connectivity index is 2.81. The second kappa shape index (κ2) is 6.01. The van der Waals surface area contributed by atoms with Crippen molar-refractivity contribution in [3.63, 3.8) is 0 Å². The lowest BCUT2D eigenvalue weighted by Gasteiger charge is -2.19. The van der Waals surface area contributed by atoms with E-state index in [1.54, 1.807) is 14.2 Å². The van der Waals surface area contributed by atoms with Crippen molar-refractivity contribution in [3.05, 3.63) is 34.0 Å². The highest BCUT2D eigenvalue weighted by molar-refractivity contribution is 6.32. The maximum atomic E-state index is 11.1. The number of carboxylic acids is 1. The molecule has 0 saturated carbocycles. The summed E-state index contributed by atoms with van der Waals surface area (Å²) in [6.45, 7) is 6.00. The van der Waals surface area contributed by atoms with Gasteiger partial charge in [-0.1, -0.05) is 25.4 Å². The van der Waals surface area contributed by atoms with Gasteiger partial charge in [0, 0.05) is 17.6 Å². The lowest BCUT2D eigenvalue weighted by atomic mass is 9.94. The van der Waals surface area contributed by atoms with Gasteiger partial charge in [0.15, 0.2) is 5.69 Å². The molecule has 0 saturated heterocycles. The molecule has 0 unspecified atom stereocenters. The van der Waals surface area contributed by atoms with Crippen molar-refractivity contribution >= 4 is 17.6 Å². The van der Waals surface area contributed by atoms with Crippen LogP contribution in [0, 0.1) is 6.92 Å². The van der Waals surface area contributed by atoms with E-state index in [9.17, 15) is 4.79 Å². The van der Waals surface area contributed by atoms with E-state index in [1.165, 1.54) is 10.7 Å². The minimum absolute atomic E-state index is 0.00924. The van der Waals surface area contributed by atoms with Crippen LogP contribution < -0.4 is 4.74 Å². The smallest absolute Gasteiger partial charge is 0.356 e. The molecule has 5 nitrogen and oxygen atoms in total. The normalized spacial score (nSPS) is 11.0. The predicted molar refractivity (Wildman–Crippen MR) is 86.0 cm³/mol. The van der Waals surface area contributed by atoms with Crippen molar-refractivity contribution in [2.45, 2.75) is 26.7 Å². The molecule has 0 fully saturated rings. The summed E-state index contributed by atoms with van der Waals surface area (Å²) in [4.78, 5) is 11.1. The van der Waals surface area contributed by atoms with Crippen LogP contribution in [-0.4, -0.2) is 28.0 Å². The number of aryl methyl sites for hydroxylation is 1. The van der Waals surface area contributed by atoms with E-state index in [0.29, 0.717) is 16.5 Å². The number of aromatic carboxylic acids is 1. The first-order chi connectivity index (χ1) is 10.3. The van der Waals surface area contributed by atoms with Crippen LogP contribution >= 0.6 is 11.6 Å². The van der Waals surface area contributed by atoms with E-state index in [2.05, 4.69) is 18.9 Å². The number of nitrogens with zero attached hydrogens (tertiary/aromatic N) is 2. The van der Waals surface area contributed by atoms with E-state index >= 15 is 0 Å². The third-order valence-electron chi connectivity index (χ3n) is 3.69. The summed E-state index contributed by atoms with van der Waals surface area (Å²) < 4.78 is 7.14. The van der Waals surface area contributed by atoms with Crippen LogP contribution in [0.25, 0.3) is 11.3 Å². The van der Waals surface area contributed by atoms with Gasteiger partial charge in [0.05, 0.1) is 12.8 Å². The van der Waals surface area contributed by atoms with Crippen LogP contribution in [0.15, 0.2) is 12.1 Å². The van der Waals surface area contributed by atoms with Crippen molar-refractivity contribution in [1.29, 1.82) is 0 Å². The molecule has 1 heterocycles. The Kier molecular flexibility index (Phi) is 4.47. The van der Waals surface area contributed by atoms with Crippen LogP contribution in [0.2, 0.25) is 5.02 Å². The van der Waals surface area contributed by atoms with Gasteiger partial charge < -0.3 is 9.84 Å². The van der Waals surface area contributed by atoms with Gasteiger partial charge in [-0.15, -0.1) is 0 Å². The Labute approximate surface area is 134 Å². The standard InChI is InChI=1S/C16H19ClN2O3/c1-8(2)10-6-11(17)9(3)14(15(10)22-5)13-7-12(16(20)21)18-19(13)4/h6-8H,1-5H3,(H,20,21). The van der Waals surface area contributed by atoms with Gasteiger partial charge in [0.1, 0.15) is 5.75 Å². The highest BCUT2D eigenvalue weighted by Crippen LogP contribution is 2.42. The highest BCUT2D eigenvalue weighted by Gasteiger charge is 2.22. The minimum atomic E-state index is -1.07. The van der Waals surface area contributed by atoms with Crippen molar-refractivity contribution in [2.24, 2.45) is 7.05 Å². The highest BCUT2D eigenvalue weighted by atomic mass is 35.5. The Morgan fingerprint density at radius 3 is 2.50 bits per heavy atom. The SMILES string of the molecule is COc1c(C(C)C)cc(Cl)c(C)c1-c1cc(C(=O)O)nn1C. The Morgan fingerprint density at radius 2 is 2.05 bits per heavy atom. The topological polar surface area (TPSA) is 64.3 Å². The average Bonchev–Trinajstić information content (AvgIpc) is 2.83. The quantitative estimate of drug-likeness (QED) is 0.927. The number of carbonyl (C=O) groups is 1. The summed E-state index contributed by atoms with van der Waals surface area (Å²) in [5.41, 5.74) is 3.25. The molecular formula is C16H19ClN2O3. The molecule has 0 radical (unpaired) electrons. The van der Waals surface area contributed by atoms with Gasteiger partial charge in [-0.3, -0.25) is 4.68 Å². The van der Waals surface area contributed by atoms with Gasteiger partial charge in [0.25, 0.3) is 0 Å². The second-order valence-electron chi connectivity index (χ2n) is 5.48. The third kappa shape index (κ3) is 2.68. The molecule has 2 rings (SSSR count). The molecule has 1 N–H and O–H groups in total. The summed E-state index contributed by atoms with van der Waals surface area (Å²) in [6.07, 6.45) is 0. The van der Waals surface area contributed by atoms with E-state index in [4.69, 9.17) is 21.4 Å². The molecule has 1 aromatic heterocycles. The maximum Gasteiger partial charge on any atom is 0.356 e. The molecule has 2 aromatic rings. The zero-order valence-corrected chi connectivity index (χ0v) is 14.0. The first kappa shape index (κ1) is 16.4. The van der Waals surface area contributed by atoms with Crippen molar-refractivity contribution in [2.75, 3.05) is 7.11 Å². The van der Waals surface area contributed by atoms with Crippen LogP contribution in [0.4, 0.5) is 0 Å². The number of methoxy groups -OCH3 is 1. The molecule has 0 bridgehead atoms. The van der Waals surface area contributed by atoms with E-state index in [0.717, 1.165) is 16.7 Å². The summed E-state index contributed by atoms with van der Waals surface area (Å²) in [5, 5.41) is 13.8. The van der Waals surface area contributed by atoms with E-state index < -0.39 is 5.97 Å². The van der Waals surface area contributed by atoms with Crippen LogP contribution in [0.5, 0.6) is 5.75 Å². The van der Waals surface area contributed by atoms with Crippen LogP contribution in [0.3, 0.4) is 0 Å². The number of ether oxygens (including phenoxy) is 1. The van der Waals surface area contributed by atoms with Gasteiger partial charge in [0.2, 0.25) is 0 Å². The number of hydrogen-bond donors (Lipinski definition) is 1. The number of benzene rings is 1. The molecule has 0 amide bonds. The molecule has 6 heteroatoms. The first-order valence-corrected chi connectivity index (χ1v) is 7.30. The van der Waals surface area contributed by atoms with Gasteiger partial charge >= 0.3 is 5.97 Å². The van der Waals surface area contributed by atoms with Crippen molar-refractivity contribution in [1.82, 2.24) is 9.78 Å². The van der Waals surface area contributed by atoms with Gasteiger partial charge in [-0.05, 0) is 36.1 Å². The monoisotopic (exact) mass is 322 g/mol. The number of aromatic nitrogens is 2. The second-order valence-corrected chi connectivity index (χ2v) is 5.89. The molecule has 0 aliphatic carbocycles. The largest absolute Gasteiger partial charge is 0.496 e. The molecule has 22 heavy (non-hydrogen) atoms. The zero-order valence-electron chi connectivity index (χ0n) is 13.3. The van der Waals surface area contributed by atoms with Gasteiger partial charge in [-0.2, -0.15) is 5.10 Å². The number of hydrogen-bond acceptors (Lipinski definition) is 3. The van der Waals surface area contributed by atoms with Gasteiger partial charge in [-0.25, -0.2) is 4.79 Å². The molecular weight excluding hydrogens is 304 g/mol. The minimum Gasteiger partial charge on any atom is -0.496 e. The fourth-order valence-electron chi connectivity index (χ4n) is 2.51. The molecule has 0 spiro atoms. The summed E-state index contributed by atoms with van der Waals surface area (Å²) in [7, 11) is 3.31. The molecule has 0 atom stereocenters. The Bertz CT molecular complexity index is 735. The van der Waals surface area contributed by atoms with E-state index in [-0.39, 0.29) is 11.6 Å². The first-order valence-electron chi connectivity index (χ1n) is 6.92.